The van der Waals surface area contributed by atoms with Crippen LogP contribution in [0, 0.1) is 0 Å². The lowest BCUT2D eigenvalue weighted by Crippen LogP contribution is -2.15. The summed E-state index contributed by atoms with van der Waals surface area (Å²) in [6.45, 7) is 1.36. The molecule has 2 aromatic rings. The lowest BCUT2D eigenvalue weighted by atomic mass is 10.0. The number of aromatic hydroxyl groups is 1. The summed E-state index contributed by atoms with van der Waals surface area (Å²) in [6, 6.07) is 13.1. The van der Waals surface area contributed by atoms with Crippen molar-refractivity contribution in [1.82, 2.24) is 0 Å². The third-order valence-corrected chi connectivity index (χ3v) is 2.66. The molecule has 0 unspecified atom stereocenters. The first-order valence-corrected chi connectivity index (χ1v) is 5.78. The zero-order valence-corrected chi connectivity index (χ0v) is 10.4. The predicted molar refractivity (Wildman–Crippen MR) is 72.5 cm³/mol. The number of ketones is 1. The van der Waals surface area contributed by atoms with Crippen LogP contribution in [0.4, 0.5) is 5.69 Å². The van der Waals surface area contributed by atoms with E-state index < -0.39 is 0 Å². The van der Waals surface area contributed by atoms with Crippen LogP contribution in [0.2, 0.25) is 0 Å². The van der Waals surface area contributed by atoms with E-state index in [1.807, 2.05) is 6.07 Å². The second-order valence-corrected chi connectivity index (χ2v) is 4.11. The molecule has 0 heterocycles. The molecule has 0 bridgehead atoms. The Balaban J connectivity index is 2.31. The standard InChI is InChI=1S/C15H13NO3/c1-10(17)14-9-12(18)7-8-13(14)15(19)16-11-5-3-2-4-6-11/h2-9,18H,1H3,(H,16,19). The molecule has 2 aromatic carbocycles. The highest BCUT2D eigenvalue weighted by atomic mass is 16.3. The molecule has 4 heteroatoms. The normalized spacial score (nSPS) is 9.95. The van der Waals surface area contributed by atoms with Crippen LogP contribution in [0.5, 0.6) is 5.75 Å². The molecule has 0 aliphatic rings. The van der Waals surface area contributed by atoms with Crippen LogP contribution in [-0.4, -0.2) is 16.8 Å². The van der Waals surface area contributed by atoms with Gasteiger partial charge in [0.1, 0.15) is 5.75 Å². The number of anilines is 1. The molecule has 19 heavy (non-hydrogen) atoms. The average molecular weight is 255 g/mol. The summed E-state index contributed by atoms with van der Waals surface area (Å²) in [5, 5.41) is 12.1. The number of amides is 1. The zero-order chi connectivity index (χ0) is 13.8. The average Bonchev–Trinajstić information content (AvgIpc) is 2.39. The molecule has 0 radical (unpaired) electrons. The van der Waals surface area contributed by atoms with Crippen molar-refractivity contribution < 1.29 is 14.7 Å². The van der Waals surface area contributed by atoms with E-state index in [9.17, 15) is 14.7 Å². The minimum atomic E-state index is -0.378. The van der Waals surface area contributed by atoms with E-state index in [1.54, 1.807) is 24.3 Å². The fourth-order valence-corrected chi connectivity index (χ4v) is 1.74. The van der Waals surface area contributed by atoms with Gasteiger partial charge in [0, 0.05) is 11.3 Å². The molecular weight excluding hydrogens is 242 g/mol. The van der Waals surface area contributed by atoms with E-state index in [0.29, 0.717) is 5.69 Å². The third-order valence-electron chi connectivity index (χ3n) is 2.66. The van der Waals surface area contributed by atoms with E-state index >= 15 is 0 Å². The Morgan fingerprint density at radius 2 is 1.68 bits per heavy atom. The van der Waals surface area contributed by atoms with Gasteiger partial charge in [-0.25, -0.2) is 0 Å². The topological polar surface area (TPSA) is 66.4 Å². The molecule has 96 valence electrons. The van der Waals surface area contributed by atoms with Gasteiger partial charge in [0.15, 0.2) is 5.78 Å². The number of hydrogen-bond donors (Lipinski definition) is 2. The number of carbonyl (C=O) groups excluding carboxylic acids is 2. The Hall–Kier alpha value is -2.62. The highest BCUT2D eigenvalue weighted by Gasteiger charge is 2.15. The van der Waals surface area contributed by atoms with Crippen molar-refractivity contribution in [2.24, 2.45) is 0 Å². The number of Topliss-reactive ketones (excluding diaryl/α,β-unsaturated/α-hetero) is 1. The molecule has 1 amide bonds. The summed E-state index contributed by atoms with van der Waals surface area (Å²) in [4.78, 5) is 23.6. The number of phenols is 1. The smallest absolute Gasteiger partial charge is 0.256 e. The Kier molecular flexibility index (Phi) is 3.61. The van der Waals surface area contributed by atoms with Gasteiger partial charge in [0.25, 0.3) is 5.91 Å². The molecule has 2 rings (SSSR count). The van der Waals surface area contributed by atoms with E-state index in [1.165, 1.54) is 25.1 Å². The first kappa shape index (κ1) is 12.8. The monoisotopic (exact) mass is 255 g/mol. The summed E-state index contributed by atoms with van der Waals surface area (Å²) in [6.07, 6.45) is 0. The number of para-hydroxylation sites is 1. The molecule has 2 N–H and O–H groups in total. The van der Waals surface area contributed by atoms with Crippen molar-refractivity contribution in [1.29, 1.82) is 0 Å². The van der Waals surface area contributed by atoms with E-state index in [0.717, 1.165) is 0 Å². The minimum Gasteiger partial charge on any atom is -0.508 e. The van der Waals surface area contributed by atoms with Gasteiger partial charge in [-0.15, -0.1) is 0 Å². The van der Waals surface area contributed by atoms with E-state index in [2.05, 4.69) is 5.32 Å². The second-order valence-electron chi connectivity index (χ2n) is 4.11. The van der Waals surface area contributed by atoms with Crippen molar-refractivity contribution in [3.05, 3.63) is 59.7 Å². The molecule has 0 atom stereocenters. The number of nitrogens with one attached hydrogen (secondary N) is 1. The molecule has 0 fully saturated rings. The van der Waals surface area contributed by atoms with Crippen molar-refractivity contribution in [2.75, 3.05) is 5.32 Å². The van der Waals surface area contributed by atoms with Crippen molar-refractivity contribution in [2.45, 2.75) is 6.92 Å². The van der Waals surface area contributed by atoms with Gasteiger partial charge < -0.3 is 10.4 Å². The van der Waals surface area contributed by atoms with Gasteiger partial charge in [-0.05, 0) is 37.3 Å². The fraction of sp³-hybridized carbons (Fsp3) is 0.0667. The molecule has 4 nitrogen and oxygen atoms in total. The molecule has 0 aliphatic heterocycles. The van der Waals surface area contributed by atoms with Crippen molar-refractivity contribution in [3.63, 3.8) is 0 Å². The van der Waals surface area contributed by atoms with E-state index in [4.69, 9.17) is 0 Å². The van der Waals surface area contributed by atoms with E-state index in [-0.39, 0.29) is 28.6 Å². The summed E-state index contributed by atoms with van der Waals surface area (Å²) in [7, 11) is 0. The lowest BCUT2D eigenvalue weighted by molar-refractivity contribution is 0.0985. The number of phenolic OH excluding ortho intramolecular Hbond substituents is 1. The molecule has 0 saturated heterocycles. The van der Waals surface area contributed by atoms with Crippen LogP contribution >= 0.6 is 0 Å². The van der Waals surface area contributed by atoms with Gasteiger partial charge in [-0.2, -0.15) is 0 Å². The van der Waals surface area contributed by atoms with Gasteiger partial charge in [-0.1, -0.05) is 18.2 Å². The quantitative estimate of drug-likeness (QED) is 0.829. The lowest BCUT2D eigenvalue weighted by Gasteiger charge is -2.08. The number of carbonyl (C=O) groups is 2. The Morgan fingerprint density at radius 1 is 1.00 bits per heavy atom. The van der Waals surface area contributed by atoms with Crippen LogP contribution in [0.15, 0.2) is 48.5 Å². The Labute approximate surface area is 110 Å². The van der Waals surface area contributed by atoms with Gasteiger partial charge in [-0.3, -0.25) is 9.59 Å². The van der Waals surface area contributed by atoms with Gasteiger partial charge in [0.05, 0.1) is 5.56 Å². The molecule has 0 spiro atoms. The SMILES string of the molecule is CC(=O)c1cc(O)ccc1C(=O)Nc1ccccc1. The molecule has 0 aliphatic carbocycles. The summed E-state index contributed by atoms with van der Waals surface area (Å²) < 4.78 is 0. The summed E-state index contributed by atoms with van der Waals surface area (Å²) >= 11 is 0. The highest BCUT2D eigenvalue weighted by Crippen LogP contribution is 2.18. The highest BCUT2D eigenvalue weighted by molar-refractivity contribution is 6.12. The van der Waals surface area contributed by atoms with Crippen LogP contribution in [0.25, 0.3) is 0 Å². The summed E-state index contributed by atoms with van der Waals surface area (Å²) in [5.74, 6) is -0.688. The predicted octanol–water partition coefficient (Wildman–Crippen LogP) is 2.85. The molecular formula is C15H13NO3. The first-order chi connectivity index (χ1) is 9.08. The number of benzene rings is 2. The van der Waals surface area contributed by atoms with Crippen molar-refractivity contribution >= 4 is 17.4 Å². The maximum Gasteiger partial charge on any atom is 0.256 e. The van der Waals surface area contributed by atoms with Crippen LogP contribution in [-0.2, 0) is 0 Å². The maximum absolute atomic E-state index is 12.1. The Morgan fingerprint density at radius 3 is 2.32 bits per heavy atom. The molecule has 0 saturated carbocycles. The van der Waals surface area contributed by atoms with Crippen LogP contribution in [0.3, 0.4) is 0 Å². The largest absolute Gasteiger partial charge is 0.508 e. The Bertz CT molecular complexity index is 621. The van der Waals surface area contributed by atoms with Crippen molar-refractivity contribution in [3.8, 4) is 5.75 Å². The molecule has 0 aromatic heterocycles. The third kappa shape index (κ3) is 2.98. The first-order valence-electron chi connectivity index (χ1n) is 5.78. The maximum atomic E-state index is 12.1. The number of rotatable bonds is 3. The van der Waals surface area contributed by atoms with Crippen LogP contribution in [0.1, 0.15) is 27.6 Å². The van der Waals surface area contributed by atoms with Gasteiger partial charge in [0.2, 0.25) is 0 Å². The zero-order valence-electron chi connectivity index (χ0n) is 10.4. The minimum absolute atomic E-state index is 0.0403. The summed E-state index contributed by atoms with van der Waals surface area (Å²) in [5.41, 5.74) is 1.10. The second kappa shape index (κ2) is 5.35. The van der Waals surface area contributed by atoms with Crippen LogP contribution < -0.4 is 5.32 Å². The fourth-order valence-electron chi connectivity index (χ4n) is 1.74. The van der Waals surface area contributed by atoms with Gasteiger partial charge >= 0.3 is 0 Å². The number of hydrogen-bond acceptors (Lipinski definition) is 3.